The van der Waals surface area contributed by atoms with Crippen LogP contribution in [0.25, 0.3) is 0 Å². The van der Waals surface area contributed by atoms with E-state index in [1.165, 1.54) is 0 Å². The van der Waals surface area contributed by atoms with Gasteiger partial charge in [0.1, 0.15) is 0 Å². The van der Waals surface area contributed by atoms with Crippen molar-refractivity contribution in [1.82, 2.24) is 10.6 Å². The summed E-state index contributed by atoms with van der Waals surface area (Å²) in [6, 6.07) is 3.48. The highest BCUT2D eigenvalue weighted by molar-refractivity contribution is 9.11. The van der Waals surface area contributed by atoms with E-state index in [4.69, 9.17) is 5.11 Å². The van der Waals surface area contributed by atoms with Crippen molar-refractivity contribution in [3.05, 3.63) is 20.8 Å². The molecule has 0 aliphatic heterocycles. The first-order valence-corrected chi connectivity index (χ1v) is 7.12. The van der Waals surface area contributed by atoms with Crippen LogP contribution in [0.2, 0.25) is 0 Å². The Morgan fingerprint density at radius 1 is 1.44 bits per heavy atom. The van der Waals surface area contributed by atoms with Crippen LogP contribution in [0.1, 0.15) is 18.2 Å². The van der Waals surface area contributed by atoms with E-state index in [0.29, 0.717) is 13.0 Å². The number of rotatable bonds is 6. The zero-order valence-corrected chi connectivity index (χ0v) is 12.3. The van der Waals surface area contributed by atoms with Crippen LogP contribution in [-0.4, -0.2) is 23.7 Å². The minimum atomic E-state index is -0.889. The number of amides is 2. The summed E-state index contributed by atoms with van der Waals surface area (Å²) in [4.78, 5) is 23.2. The topological polar surface area (TPSA) is 78.4 Å². The Kier molecular flexibility index (Phi) is 6.14. The Hall–Kier alpha value is -1.08. The van der Waals surface area contributed by atoms with Crippen LogP contribution in [0.3, 0.4) is 0 Å². The van der Waals surface area contributed by atoms with Gasteiger partial charge >= 0.3 is 12.0 Å². The van der Waals surface area contributed by atoms with Crippen molar-refractivity contribution in [2.45, 2.75) is 19.9 Å². The molecule has 1 unspecified atom stereocenters. The van der Waals surface area contributed by atoms with Gasteiger partial charge in [0.15, 0.2) is 0 Å². The molecule has 0 aliphatic carbocycles. The number of urea groups is 1. The van der Waals surface area contributed by atoms with Gasteiger partial charge in [0.2, 0.25) is 0 Å². The number of thiophene rings is 1. The van der Waals surface area contributed by atoms with Gasteiger partial charge in [0.25, 0.3) is 0 Å². The standard InChI is InChI=1S/C11H15BrN2O3S/c1-2-7(10(15)16)5-13-11(17)14-6-8-3-4-9(12)18-8/h3-4,7H,2,5-6H2,1H3,(H,15,16)(H2,13,14,17). The van der Waals surface area contributed by atoms with Gasteiger partial charge in [-0.1, -0.05) is 6.92 Å². The summed E-state index contributed by atoms with van der Waals surface area (Å²) in [5.74, 6) is -1.42. The summed E-state index contributed by atoms with van der Waals surface area (Å²) in [5.41, 5.74) is 0. The molecule has 0 fully saturated rings. The minimum Gasteiger partial charge on any atom is -0.481 e. The number of hydrogen-bond acceptors (Lipinski definition) is 3. The van der Waals surface area contributed by atoms with E-state index in [0.717, 1.165) is 8.66 Å². The molecule has 1 atom stereocenters. The summed E-state index contributed by atoms with van der Waals surface area (Å²) in [5, 5.41) is 14.1. The van der Waals surface area contributed by atoms with Crippen molar-refractivity contribution in [1.29, 1.82) is 0 Å². The quantitative estimate of drug-likeness (QED) is 0.747. The molecule has 0 spiro atoms. The summed E-state index contributed by atoms with van der Waals surface area (Å²) in [7, 11) is 0. The third-order valence-electron chi connectivity index (χ3n) is 2.40. The average Bonchev–Trinajstić information content (AvgIpc) is 2.73. The molecular formula is C11H15BrN2O3S. The van der Waals surface area contributed by atoms with Crippen molar-refractivity contribution >= 4 is 39.3 Å². The third-order valence-corrected chi connectivity index (χ3v) is 4.03. The Balaban J connectivity index is 2.27. The number of carboxylic acid groups (broad SMARTS) is 1. The smallest absolute Gasteiger partial charge is 0.315 e. The second-order valence-electron chi connectivity index (χ2n) is 3.71. The first kappa shape index (κ1) is 15.0. The number of carbonyl (C=O) groups excluding carboxylic acids is 1. The Labute approximate surface area is 118 Å². The van der Waals surface area contributed by atoms with Crippen LogP contribution in [0.15, 0.2) is 15.9 Å². The van der Waals surface area contributed by atoms with E-state index in [1.807, 2.05) is 12.1 Å². The van der Waals surface area contributed by atoms with Crippen molar-refractivity contribution in [2.24, 2.45) is 5.92 Å². The molecule has 1 aromatic rings. The Morgan fingerprint density at radius 3 is 2.67 bits per heavy atom. The Morgan fingerprint density at radius 2 is 2.17 bits per heavy atom. The summed E-state index contributed by atoms with van der Waals surface area (Å²) >= 11 is 4.88. The normalized spacial score (nSPS) is 11.9. The van der Waals surface area contributed by atoms with Crippen LogP contribution in [0.4, 0.5) is 4.79 Å². The van der Waals surface area contributed by atoms with E-state index >= 15 is 0 Å². The van der Waals surface area contributed by atoms with Gasteiger partial charge in [-0.25, -0.2) is 4.79 Å². The van der Waals surface area contributed by atoms with Crippen molar-refractivity contribution in [3.8, 4) is 0 Å². The van der Waals surface area contributed by atoms with E-state index in [-0.39, 0.29) is 12.6 Å². The number of carboxylic acids is 1. The van der Waals surface area contributed by atoms with Gasteiger partial charge in [0, 0.05) is 11.4 Å². The fourth-order valence-electron chi connectivity index (χ4n) is 1.30. The van der Waals surface area contributed by atoms with Crippen LogP contribution < -0.4 is 10.6 Å². The summed E-state index contributed by atoms with van der Waals surface area (Å²) < 4.78 is 1.01. The molecular weight excluding hydrogens is 320 g/mol. The molecule has 3 N–H and O–H groups in total. The third kappa shape index (κ3) is 5.05. The maximum Gasteiger partial charge on any atom is 0.315 e. The van der Waals surface area contributed by atoms with Gasteiger partial charge in [-0.2, -0.15) is 0 Å². The predicted octanol–water partition coefficient (Wildman–Crippen LogP) is 2.42. The SMILES string of the molecule is CCC(CNC(=O)NCc1ccc(Br)s1)C(=O)O. The molecule has 0 aromatic carbocycles. The number of carbonyl (C=O) groups is 2. The van der Waals surface area contributed by atoms with E-state index < -0.39 is 11.9 Å². The molecule has 0 saturated carbocycles. The maximum absolute atomic E-state index is 11.4. The second kappa shape index (κ2) is 7.38. The molecule has 0 radical (unpaired) electrons. The zero-order valence-electron chi connectivity index (χ0n) is 9.90. The molecule has 1 heterocycles. The second-order valence-corrected chi connectivity index (χ2v) is 6.26. The van der Waals surface area contributed by atoms with E-state index in [2.05, 4.69) is 26.6 Å². The molecule has 0 bridgehead atoms. The fraction of sp³-hybridized carbons (Fsp3) is 0.455. The lowest BCUT2D eigenvalue weighted by molar-refractivity contribution is -0.141. The average molecular weight is 335 g/mol. The molecule has 1 aromatic heterocycles. The number of hydrogen-bond donors (Lipinski definition) is 3. The zero-order chi connectivity index (χ0) is 13.5. The monoisotopic (exact) mass is 334 g/mol. The maximum atomic E-state index is 11.4. The fourth-order valence-corrected chi connectivity index (χ4v) is 2.72. The largest absolute Gasteiger partial charge is 0.481 e. The van der Waals surface area contributed by atoms with Gasteiger partial charge in [-0.05, 0) is 34.5 Å². The summed E-state index contributed by atoms with van der Waals surface area (Å²) in [6.45, 7) is 2.36. The molecule has 7 heteroatoms. The molecule has 0 saturated heterocycles. The van der Waals surface area contributed by atoms with Gasteiger partial charge < -0.3 is 15.7 Å². The molecule has 2 amide bonds. The lowest BCUT2D eigenvalue weighted by Gasteiger charge is -2.11. The van der Waals surface area contributed by atoms with Crippen LogP contribution in [0, 0.1) is 5.92 Å². The lowest BCUT2D eigenvalue weighted by atomic mass is 10.1. The number of halogens is 1. The highest BCUT2D eigenvalue weighted by atomic mass is 79.9. The van der Waals surface area contributed by atoms with E-state index in [9.17, 15) is 9.59 Å². The van der Waals surface area contributed by atoms with Crippen LogP contribution in [-0.2, 0) is 11.3 Å². The number of aliphatic carboxylic acids is 1. The van der Waals surface area contributed by atoms with E-state index in [1.54, 1.807) is 18.3 Å². The minimum absolute atomic E-state index is 0.145. The molecule has 0 aliphatic rings. The van der Waals surface area contributed by atoms with Crippen LogP contribution >= 0.6 is 27.3 Å². The summed E-state index contributed by atoms with van der Waals surface area (Å²) in [6.07, 6.45) is 0.494. The molecule has 1 rings (SSSR count). The first-order chi connectivity index (χ1) is 8.52. The van der Waals surface area contributed by atoms with Crippen molar-refractivity contribution in [2.75, 3.05) is 6.54 Å². The van der Waals surface area contributed by atoms with Gasteiger partial charge in [0.05, 0.1) is 16.2 Å². The van der Waals surface area contributed by atoms with Crippen LogP contribution in [0.5, 0.6) is 0 Å². The number of nitrogens with one attached hydrogen (secondary N) is 2. The molecule has 100 valence electrons. The molecule has 18 heavy (non-hydrogen) atoms. The lowest BCUT2D eigenvalue weighted by Crippen LogP contribution is -2.39. The van der Waals surface area contributed by atoms with Gasteiger partial charge in [-0.3, -0.25) is 4.79 Å². The molecule has 5 nitrogen and oxygen atoms in total. The first-order valence-electron chi connectivity index (χ1n) is 5.51. The van der Waals surface area contributed by atoms with Crippen molar-refractivity contribution in [3.63, 3.8) is 0 Å². The highest BCUT2D eigenvalue weighted by Gasteiger charge is 2.15. The van der Waals surface area contributed by atoms with Crippen molar-refractivity contribution < 1.29 is 14.7 Å². The Bertz CT molecular complexity index is 422. The predicted molar refractivity (Wildman–Crippen MR) is 73.7 cm³/mol. The highest BCUT2D eigenvalue weighted by Crippen LogP contribution is 2.21. The van der Waals surface area contributed by atoms with Gasteiger partial charge in [-0.15, -0.1) is 11.3 Å².